The third kappa shape index (κ3) is 5.50. The number of hydrogen-bond donors (Lipinski definition) is 1. The first-order valence-electron chi connectivity index (χ1n) is 8.26. The topological polar surface area (TPSA) is 50.2 Å². The van der Waals surface area contributed by atoms with Gasteiger partial charge in [-0.05, 0) is 32.2 Å². The normalized spacial score (nSPS) is 19.6. The molecule has 1 aliphatic rings. The molecule has 0 bridgehead atoms. The summed E-state index contributed by atoms with van der Waals surface area (Å²) < 4.78 is 2.01. The van der Waals surface area contributed by atoms with Crippen LogP contribution < -0.4 is 5.32 Å². The molecule has 0 saturated carbocycles. The lowest BCUT2D eigenvalue weighted by atomic mass is 10.0. The van der Waals surface area contributed by atoms with E-state index in [4.69, 9.17) is 0 Å². The van der Waals surface area contributed by atoms with Crippen molar-refractivity contribution in [2.45, 2.75) is 58.0 Å². The molecule has 1 aromatic heterocycles. The van der Waals surface area contributed by atoms with E-state index in [1.54, 1.807) is 12.5 Å². The number of rotatable bonds is 8. The summed E-state index contributed by atoms with van der Waals surface area (Å²) in [6, 6.07) is 0.719. The number of nitrogens with one attached hydrogen (secondary N) is 1. The van der Waals surface area contributed by atoms with Crippen molar-refractivity contribution in [3.05, 3.63) is 18.7 Å². The zero-order valence-electron chi connectivity index (χ0n) is 13.1. The maximum Gasteiger partial charge on any atom is 0.220 e. The van der Waals surface area contributed by atoms with Gasteiger partial charge in [-0.1, -0.05) is 13.3 Å². The molecule has 1 saturated heterocycles. The Labute approximate surface area is 127 Å². The van der Waals surface area contributed by atoms with Crippen molar-refractivity contribution >= 4 is 5.91 Å². The van der Waals surface area contributed by atoms with Crippen LogP contribution in [0.1, 0.15) is 45.4 Å². The van der Waals surface area contributed by atoms with Gasteiger partial charge in [-0.15, -0.1) is 0 Å². The van der Waals surface area contributed by atoms with Gasteiger partial charge in [0.05, 0.1) is 6.33 Å². The van der Waals surface area contributed by atoms with Crippen LogP contribution in [0.3, 0.4) is 0 Å². The van der Waals surface area contributed by atoms with Gasteiger partial charge in [-0.3, -0.25) is 9.69 Å². The van der Waals surface area contributed by atoms with E-state index in [2.05, 4.69) is 22.1 Å². The molecule has 2 rings (SSSR count). The van der Waals surface area contributed by atoms with E-state index >= 15 is 0 Å². The average molecular weight is 292 g/mol. The lowest BCUT2D eigenvalue weighted by Gasteiger charge is -2.35. The first-order valence-corrected chi connectivity index (χ1v) is 8.26. The molecular formula is C16H28N4O. The first kappa shape index (κ1) is 16.0. The highest BCUT2D eigenvalue weighted by molar-refractivity contribution is 5.75. The van der Waals surface area contributed by atoms with E-state index in [9.17, 15) is 4.79 Å². The molecular weight excluding hydrogens is 264 g/mol. The maximum absolute atomic E-state index is 11.8. The number of nitrogens with zero attached hydrogens (tertiary/aromatic N) is 3. The molecule has 0 spiro atoms. The predicted octanol–water partition coefficient (Wildman–Crippen LogP) is 2.04. The fourth-order valence-corrected chi connectivity index (χ4v) is 3.09. The minimum Gasteiger partial charge on any atom is -0.355 e. The number of aryl methyl sites for hydroxylation is 1. The van der Waals surface area contributed by atoms with Gasteiger partial charge in [0.15, 0.2) is 0 Å². The summed E-state index contributed by atoms with van der Waals surface area (Å²) in [5, 5.41) is 3.05. The van der Waals surface area contributed by atoms with Crippen molar-refractivity contribution in [3.8, 4) is 0 Å². The van der Waals surface area contributed by atoms with Gasteiger partial charge in [0.1, 0.15) is 0 Å². The van der Waals surface area contributed by atoms with Crippen molar-refractivity contribution < 1.29 is 4.79 Å². The number of carbonyl (C=O) groups is 1. The minimum atomic E-state index is 0.167. The lowest BCUT2D eigenvalue weighted by molar-refractivity contribution is -0.121. The maximum atomic E-state index is 11.8. The van der Waals surface area contributed by atoms with Crippen LogP contribution in [-0.2, 0) is 11.3 Å². The van der Waals surface area contributed by atoms with Gasteiger partial charge in [-0.2, -0.15) is 0 Å². The monoisotopic (exact) mass is 292 g/mol. The minimum absolute atomic E-state index is 0.167. The number of likely N-dealkylation sites (tertiary alicyclic amines) is 1. The quantitative estimate of drug-likeness (QED) is 0.798. The van der Waals surface area contributed by atoms with Crippen molar-refractivity contribution in [1.29, 1.82) is 0 Å². The summed E-state index contributed by atoms with van der Waals surface area (Å²) in [6.45, 7) is 6.08. The number of piperidine rings is 1. The van der Waals surface area contributed by atoms with Crippen LogP contribution in [0.15, 0.2) is 18.7 Å². The summed E-state index contributed by atoms with van der Waals surface area (Å²) in [5.74, 6) is 0.167. The van der Waals surface area contributed by atoms with Crippen molar-refractivity contribution in [2.24, 2.45) is 0 Å². The number of hydrogen-bond acceptors (Lipinski definition) is 3. The van der Waals surface area contributed by atoms with Crippen LogP contribution in [0.5, 0.6) is 0 Å². The average Bonchev–Trinajstić information content (AvgIpc) is 3.01. The third-order valence-electron chi connectivity index (χ3n) is 4.32. The molecule has 0 aromatic carbocycles. The molecule has 0 radical (unpaired) electrons. The zero-order chi connectivity index (χ0) is 14.9. The van der Waals surface area contributed by atoms with Crippen LogP contribution in [-0.4, -0.2) is 46.0 Å². The Morgan fingerprint density at radius 2 is 2.29 bits per heavy atom. The number of amides is 1. The van der Waals surface area contributed by atoms with E-state index in [0.29, 0.717) is 6.42 Å². The number of imidazole rings is 1. The smallest absolute Gasteiger partial charge is 0.220 e. The predicted molar refractivity (Wildman–Crippen MR) is 84.0 cm³/mol. The molecule has 1 atom stereocenters. The molecule has 1 aliphatic heterocycles. The molecule has 1 amide bonds. The molecule has 1 unspecified atom stereocenters. The number of carbonyl (C=O) groups excluding carboxylic acids is 1. The van der Waals surface area contributed by atoms with E-state index in [0.717, 1.165) is 32.1 Å². The summed E-state index contributed by atoms with van der Waals surface area (Å²) >= 11 is 0. The SMILES string of the molecule is CCC1CCCCN1CCNC(=O)CCCn1ccnc1. The Morgan fingerprint density at radius 1 is 1.38 bits per heavy atom. The second-order valence-corrected chi connectivity index (χ2v) is 5.85. The molecule has 2 heterocycles. The van der Waals surface area contributed by atoms with E-state index < -0.39 is 0 Å². The molecule has 1 fully saturated rings. The Balaban J connectivity index is 1.56. The third-order valence-corrected chi connectivity index (χ3v) is 4.32. The summed E-state index contributed by atoms with van der Waals surface area (Å²) in [4.78, 5) is 18.3. The Bertz CT molecular complexity index is 404. The second-order valence-electron chi connectivity index (χ2n) is 5.85. The van der Waals surface area contributed by atoms with Crippen LogP contribution >= 0.6 is 0 Å². The van der Waals surface area contributed by atoms with Crippen LogP contribution in [0, 0.1) is 0 Å². The summed E-state index contributed by atoms with van der Waals surface area (Å²) in [6.07, 6.45) is 12.1. The fourth-order valence-electron chi connectivity index (χ4n) is 3.09. The highest BCUT2D eigenvalue weighted by atomic mass is 16.1. The van der Waals surface area contributed by atoms with Crippen LogP contribution in [0.2, 0.25) is 0 Å². The molecule has 5 heteroatoms. The lowest BCUT2D eigenvalue weighted by Crippen LogP contribution is -2.43. The zero-order valence-corrected chi connectivity index (χ0v) is 13.1. The Morgan fingerprint density at radius 3 is 3.05 bits per heavy atom. The molecule has 118 valence electrons. The van der Waals surface area contributed by atoms with Crippen LogP contribution in [0.4, 0.5) is 0 Å². The molecule has 5 nitrogen and oxygen atoms in total. The second kappa shape index (κ2) is 8.82. The fraction of sp³-hybridized carbons (Fsp3) is 0.750. The molecule has 1 aromatic rings. The van der Waals surface area contributed by atoms with Crippen molar-refractivity contribution in [2.75, 3.05) is 19.6 Å². The summed E-state index contributed by atoms with van der Waals surface area (Å²) in [5.41, 5.74) is 0. The van der Waals surface area contributed by atoms with Crippen LogP contribution in [0.25, 0.3) is 0 Å². The Hall–Kier alpha value is -1.36. The van der Waals surface area contributed by atoms with Gasteiger partial charge in [0.2, 0.25) is 5.91 Å². The van der Waals surface area contributed by atoms with Crippen molar-refractivity contribution in [1.82, 2.24) is 19.8 Å². The van der Waals surface area contributed by atoms with E-state index in [1.165, 1.54) is 32.2 Å². The van der Waals surface area contributed by atoms with Gasteiger partial charge >= 0.3 is 0 Å². The molecule has 0 aliphatic carbocycles. The highest BCUT2D eigenvalue weighted by Crippen LogP contribution is 2.18. The summed E-state index contributed by atoms with van der Waals surface area (Å²) in [7, 11) is 0. The molecule has 1 N–H and O–H groups in total. The molecule has 21 heavy (non-hydrogen) atoms. The highest BCUT2D eigenvalue weighted by Gasteiger charge is 2.19. The Kier molecular flexibility index (Phi) is 6.73. The largest absolute Gasteiger partial charge is 0.355 e. The first-order chi connectivity index (χ1) is 10.3. The van der Waals surface area contributed by atoms with Gasteiger partial charge in [0, 0.05) is 44.5 Å². The number of aromatic nitrogens is 2. The van der Waals surface area contributed by atoms with Gasteiger partial charge in [-0.25, -0.2) is 4.98 Å². The van der Waals surface area contributed by atoms with Gasteiger partial charge < -0.3 is 9.88 Å². The van der Waals surface area contributed by atoms with E-state index in [1.807, 2.05) is 10.8 Å². The van der Waals surface area contributed by atoms with Gasteiger partial charge in [0.25, 0.3) is 0 Å². The standard InChI is InChI=1S/C16H28N4O/c1-2-15-6-3-4-11-20(15)13-9-18-16(21)7-5-10-19-12-8-17-14-19/h8,12,14-15H,2-7,9-11,13H2,1H3,(H,18,21). The van der Waals surface area contributed by atoms with E-state index in [-0.39, 0.29) is 5.91 Å². The van der Waals surface area contributed by atoms with Crippen molar-refractivity contribution in [3.63, 3.8) is 0 Å².